The number of rotatable bonds is 1. The molecule has 0 aliphatic carbocycles. The van der Waals surface area contributed by atoms with Crippen LogP contribution in [0.1, 0.15) is 17.9 Å². The van der Waals surface area contributed by atoms with Gasteiger partial charge in [0.15, 0.2) is 6.29 Å². The first-order valence-electron chi connectivity index (χ1n) is 4.22. The Kier molecular flexibility index (Phi) is 2.11. The zero-order valence-electron chi connectivity index (χ0n) is 6.81. The summed E-state index contributed by atoms with van der Waals surface area (Å²) in [6.45, 7) is 0.667. The SMILES string of the molecule is OC1OCCC1c1ccccc1. The molecular formula is C10H12O2. The summed E-state index contributed by atoms with van der Waals surface area (Å²) >= 11 is 0. The second-order valence-corrected chi connectivity index (χ2v) is 3.07. The van der Waals surface area contributed by atoms with Crippen molar-refractivity contribution < 1.29 is 9.84 Å². The second-order valence-electron chi connectivity index (χ2n) is 3.07. The Bertz CT molecular complexity index is 245. The van der Waals surface area contributed by atoms with Crippen LogP contribution in [0.25, 0.3) is 0 Å². The van der Waals surface area contributed by atoms with Crippen LogP contribution in [-0.2, 0) is 4.74 Å². The fourth-order valence-corrected chi connectivity index (χ4v) is 1.61. The van der Waals surface area contributed by atoms with Crippen LogP contribution in [0.5, 0.6) is 0 Å². The van der Waals surface area contributed by atoms with Crippen molar-refractivity contribution >= 4 is 0 Å². The highest BCUT2D eigenvalue weighted by molar-refractivity contribution is 5.20. The molecule has 0 aromatic heterocycles. The molecule has 1 N–H and O–H groups in total. The van der Waals surface area contributed by atoms with Crippen LogP contribution in [0, 0.1) is 0 Å². The molecule has 2 atom stereocenters. The van der Waals surface area contributed by atoms with Crippen molar-refractivity contribution in [1.29, 1.82) is 0 Å². The summed E-state index contributed by atoms with van der Waals surface area (Å²) in [6, 6.07) is 10.0. The second kappa shape index (κ2) is 3.25. The molecule has 2 nitrogen and oxygen atoms in total. The number of hydrogen-bond donors (Lipinski definition) is 1. The minimum absolute atomic E-state index is 0.172. The zero-order chi connectivity index (χ0) is 8.39. The molecule has 1 heterocycles. The third-order valence-electron chi connectivity index (χ3n) is 2.29. The number of ether oxygens (including phenoxy) is 1. The van der Waals surface area contributed by atoms with Gasteiger partial charge in [0.25, 0.3) is 0 Å². The van der Waals surface area contributed by atoms with Gasteiger partial charge in [0.05, 0.1) is 6.61 Å². The molecule has 64 valence electrons. The predicted octanol–water partition coefficient (Wildman–Crippen LogP) is 1.51. The molecule has 0 amide bonds. The van der Waals surface area contributed by atoms with Gasteiger partial charge in [-0.05, 0) is 12.0 Å². The first-order chi connectivity index (χ1) is 5.88. The minimum Gasteiger partial charge on any atom is -0.367 e. The van der Waals surface area contributed by atoms with Crippen molar-refractivity contribution in [3.05, 3.63) is 35.9 Å². The van der Waals surface area contributed by atoms with Gasteiger partial charge in [0, 0.05) is 5.92 Å². The lowest BCUT2D eigenvalue weighted by Crippen LogP contribution is -2.12. The Morgan fingerprint density at radius 3 is 2.58 bits per heavy atom. The molecule has 1 aromatic rings. The maximum atomic E-state index is 9.42. The standard InChI is InChI=1S/C10H12O2/c11-10-9(6-7-12-10)8-4-2-1-3-5-8/h1-5,9-11H,6-7H2. The fraction of sp³-hybridized carbons (Fsp3) is 0.400. The maximum Gasteiger partial charge on any atom is 0.161 e. The molecule has 1 aromatic carbocycles. The molecule has 1 fully saturated rings. The third-order valence-corrected chi connectivity index (χ3v) is 2.29. The van der Waals surface area contributed by atoms with Gasteiger partial charge in [0.2, 0.25) is 0 Å². The van der Waals surface area contributed by atoms with E-state index in [1.807, 2.05) is 30.3 Å². The van der Waals surface area contributed by atoms with Gasteiger partial charge in [-0.3, -0.25) is 0 Å². The van der Waals surface area contributed by atoms with Crippen molar-refractivity contribution in [3.8, 4) is 0 Å². The van der Waals surface area contributed by atoms with Crippen LogP contribution >= 0.6 is 0 Å². The number of aliphatic hydroxyl groups excluding tert-OH is 1. The molecule has 0 spiro atoms. The van der Waals surface area contributed by atoms with Crippen LogP contribution in [0.4, 0.5) is 0 Å². The zero-order valence-corrected chi connectivity index (χ0v) is 6.81. The van der Waals surface area contributed by atoms with E-state index in [-0.39, 0.29) is 5.92 Å². The average Bonchev–Trinajstić information content (AvgIpc) is 2.53. The highest BCUT2D eigenvalue weighted by atomic mass is 16.6. The van der Waals surface area contributed by atoms with E-state index >= 15 is 0 Å². The van der Waals surface area contributed by atoms with Crippen molar-refractivity contribution in [1.82, 2.24) is 0 Å². The molecule has 2 unspecified atom stereocenters. The molecule has 0 radical (unpaired) electrons. The summed E-state index contributed by atoms with van der Waals surface area (Å²) in [5.41, 5.74) is 1.17. The lowest BCUT2D eigenvalue weighted by Gasteiger charge is -2.12. The predicted molar refractivity (Wildman–Crippen MR) is 45.8 cm³/mol. The van der Waals surface area contributed by atoms with E-state index in [1.165, 1.54) is 5.56 Å². The monoisotopic (exact) mass is 164 g/mol. The summed E-state index contributed by atoms with van der Waals surface area (Å²) in [7, 11) is 0. The van der Waals surface area contributed by atoms with Crippen LogP contribution < -0.4 is 0 Å². The molecule has 0 saturated carbocycles. The van der Waals surface area contributed by atoms with Crippen molar-refractivity contribution in [2.45, 2.75) is 18.6 Å². The molecular weight excluding hydrogens is 152 g/mol. The minimum atomic E-state index is -0.604. The third kappa shape index (κ3) is 1.36. The Labute approximate surface area is 71.8 Å². The molecule has 1 aliphatic rings. The summed E-state index contributed by atoms with van der Waals surface area (Å²) in [5, 5.41) is 9.42. The smallest absolute Gasteiger partial charge is 0.161 e. The van der Waals surface area contributed by atoms with E-state index < -0.39 is 6.29 Å². The summed E-state index contributed by atoms with van der Waals surface area (Å²) < 4.78 is 5.08. The Morgan fingerprint density at radius 2 is 2.00 bits per heavy atom. The van der Waals surface area contributed by atoms with Crippen molar-refractivity contribution in [3.63, 3.8) is 0 Å². The lowest BCUT2D eigenvalue weighted by atomic mass is 9.97. The quantitative estimate of drug-likeness (QED) is 0.681. The van der Waals surface area contributed by atoms with Crippen LogP contribution in [0.2, 0.25) is 0 Å². The Morgan fingerprint density at radius 1 is 1.25 bits per heavy atom. The largest absolute Gasteiger partial charge is 0.367 e. The Balaban J connectivity index is 2.19. The number of hydrogen-bond acceptors (Lipinski definition) is 2. The van der Waals surface area contributed by atoms with Crippen LogP contribution in [0.3, 0.4) is 0 Å². The van der Waals surface area contributed by atoms with E-state index in [4.69, 9.17) is 4.74 Å². The maximum absolute atomic E-state index is 9.42. The highest BCUT2D eigenvalue weighted by Crippen LogP contribution is 2.29. The van der Waals surface area contributed by atoms with Crippen LogP contribution in [0.15, 0.2) is 30.3 Å². The molecule has 12 heavy (non-hydrogen) atoms. The van der Waals surface area contributed by atoms with Crippen molar-refractivity contribution in [2.75, 3.05) is 6.61 Å². The van der Waals surface area contributed by atoms with Gasteiger partial charge in [-0.1, -0.05) is 30.3 Å². The van der Waals surface area contributed by atoms with E-state index in [9.17, 15) is 5.11 Å². The van der Waals surface area contributed by atoms with Crippen LogP contribution in [-0.4, -0.2) is 18.0 Å². The van der Waals surface area contributed by atoms with E-state index in [0.29, 0.717) is 6.61 Å². The van der Waals surface area contributed by atoms with Gasteiger partial charge >= 0.3 is 0 Å². The van der Waals surface area contributed by atoms with Gasteiger partial charge < -0.3 is 9.84 Å². The summed E-state index contributed by atoms with van der Waals surface area (Å²) in [5.74, 6) is 0.172. The number of aliphatic hydroxyl groups is 1. The Hall–Kier alpha value is -0.860. The molecule has 1 aliphatic heterocycles. The first-order valence-corrected chi connectivity index (χ1v) is 4.22. The average molecular weight is 164 g/mol. The normalized spacial score (nSPS) is 29.1. The van der Waals surface area contributed by atoms with E-state index in [2.05, 4.69) is 0 Å². The summed E-state index contributed by atoms with van der Waals surface area (Å²) in [4.78, 5) is 0. The van der Waals surface area contributed by atoms with Gasteiger partial charge in [0.1, 0.15) is 0 Å². The van der Waals surface area contributed by atoms with E-state index in [1.54, 1.807) is 0 Å². The molecule has 2 heteroatoms. The highest BCUT2D eigenvalue weighted by Gasteiger charge is 2.26. The molecule has 1 saturated heterocycles. The van der Waals surface area contributed by atoms with Gasteiger partial charge in [-0.15, -0.1) is 0 Å². The van der Waals surface area contributed by atoms with E-state index in [0.717, 1.165) is 6.42 Å². The van der Waals surface area contributed by atoms with Gasteiger partial charge in [-0.25, -0.2) is 0 Å². The first kappa shape index (κ1) is 7.77. The molecule has 0 bridgehead atoms. The summed E-state index contributed by atoms with van der Waals surface area (Å²) in [6.07, 6.45) is 0.318. The lowest BCUT2D eigenvalue weighted by molar-refractivity contribution is -0.0678. The molecule has 2 rings (SSSR count). The topological polar surface area (TPSA) is 29.5 Å². The van der Waals surface area contributed by atoms with Gasteiger partial charge in [-0.2, -0.15) is 0 Å². The van der Waals surface area contributed by atoms with Crippen molar-refractivity contribution in [2.24, 2.45) is 0 Å². The fourth-order valence-electron chi connectivity index (χ4n) is 1.61. The number of benzene rings is 1.